The van der Waals surface area contributed by atoms with Crippen molar-refractivity contribution in [1.82, 2.24) is 15.2 Å². The van der Waals surface area contributed by atoms with Crippen molar-refractivity contribution >= 4 is 29.0 Å². The van der Waals surface area contributed by atoms with Crippen LogP contribution in [0.3, 0.4) is 0 Å². The number of hydrogen-bond acceptors (Lipinski definition) is 4. The van der Waals surface area contributed by atoms with Gasteiger partial charge in [-0.2, -0.15) is 4.98 Å². The molecule has 1 heterocycles. The first-order valence-corrected chi connectivity index (χ1v) is 5.35. The van der Waals surface area contributed by atoms with Crippen LogP contribution in [0.4, 0.5) is 5.82 Å². The average Bonchev–Trinajstić information content (AvgIpc) is 2.32. The topological polar surface area (TPSA) is 50.7 Å². The molecule has 1 aromatic carbocycles. The molecule has 0 atom stereocenters. The minimum Gasteiger partial charge on any atom is -0.363 e. The Hall–Kier alpha value is -1.39. The Labute approximate surface area is 103 Å². The van der Waals surface area contributed by atoms with Crippen LogP contribution in [0.25, 0.3) is 0 Å². The molecule has 4 nitrogen and oxygen atoms in total. The summed E-state index contributed by atoms with van der Waals surface area (Å²) >= 11 is 11.4. The third-order valence-electron chi connectivity index (χ3n) is 1.92. The van der Waals surface area contributed by atoms with Gasteiger partial charge in [0.15, 0.2) is 11.0 Å². The molecule has 0 unspecified atom stereocenters. The molecule has 1 aromatic heterocycles. The van der Waals surface area contributed by atoms with Crippen LogP contribution >= 0.6 is 23.2 Å². The van der Waals surface area contributed by atoms with E-state index in [1.165, 1.54) is 0 Å². The lowest BCUT2D eigenvalue weighted by molar-refractivity contribution is 0.958. The smallest absolute Gasteiger partial charge is 0.245 e. The highest BCUT2D eigenvalue weighted by molar-refractivity contribution is 6.32. The van der Waals surface area contributed by atoms with Crippen LogP contribution in [0.5, 0.6) is 0 Å². The lowest BCUT2D eigenvalue weighted by Crippen LogP contribution is -2.04. The molecule has 2 rings (SSSR count). The van der Waals surface area contributed by atoms with Gasteiger partial charge in [-0.3, -0.25) is 0 Å². The van der Waals surface area contributed by atoms with Gasteiger partial charge in [-0.15, -0.1) is 10.2 Å². The van der Waals surface area contributed by atoms with Crippen LogP contribution in [-0.2, 0) is 6.54 Å². The zero-order chi connectivity index (χ0) is 11.4. The lowest BCUT2D eigenvalue weighted by Gasteiger charge is -2.05. The van der Waals surface area contributed by atoms with Gasteiger partial charge in [0.05, 0.1) is 0 Å². The van der Waals surface area contributed by atoms with E-state index in [0.29, 0.717) is 12.4 Å². The Kier molecular flexibility index (Phi) is 3.54. The summed E-state index contributed by atoms with van der Waals surface area (Å²) in [5.74, 6) is 0.436. The molecule has 0 aliphatic rings. The summed E-state index contributed by atoms with van der Waals surface area (Å²) in [4.78, 5) is 3.94. The molecule has 2 aromatic rings. The third kappa shape index (κ3) is 2.81. The van der Waals surface area contributed by atoms with Crippen LogP contribution in [0.15, 0.2) is 30.3 Å². The van der Waals surface area contributed by atoms with Gasteiger partial charge >= 0.3 is 0 Å². The Bertz CT molecular complexity index is 476. The zero-order valence-electron chi connectivity index (χ0n) is 8.19. The van der Waals surface area contributed by atoms with E-state index in [1.807, 2.05) is 30.3 Å². The number of benzene rings is 1. The van der Waals surface area contributed by atoms with E-state index in [1.54, 1.807) is 0 Å². The number of nitrogens with zero attached hydrogens (tertiary/aromatic N) is 3. The largest absolute Gasteiger partial charge is 0.363 e. The molecule has 0 bridgehead atoms. The second-order valence-electron chi connectivity index (χ2n) is 3.06. The van der Waals surface area contributed by atoms with Gasteiger partial charge in [0.1, 0.15) is 0 Å². The molecule has 0 amide bonds. The standard InChI is InChI=1S/C10H8Cl2N4/c11-8-9(14-10(12)16-15-8)13-6-7-4-2-1-3-5-7/h1-5H,6H2,(H,13,14,16). The van der Waals surface area contributed by atoms with Crippen LogP contribution in [-0.4, -0.2) is 15.2 Å². The summed E-state index contributed by atoms with van der Waals surface area (Å²) in [5, 5.41) is 10.5. The monoisotopic (exact) mass is 254 g/mol. The Morgan fingerprint density at radius 2 is 1.81 bits per heavy atom. The van der Waals surface area contributed by atoms with E-state index < -0.39 is 0 Å². The number of hydrogen-bond donors (Lipinski definition) is 1. The summed E-state index contributed by atoms with van der Waals surface area (Å²) in [5.41, 5.74) is 1.12. The van der Waals surface area contributed by atoms with E-state index in [0.717, 1.165) is 5.56 Å². The molecule has 6 heteroatoms. The molecule has 0 aliphatic carbocycles. The first-order valence-electron chi connectivity index (χ1n) is 4.59. The van der Waals surface area contributed by atoms with Crippen LogP contribution in [0.2, 0.25) is 10.4 Å². The van der Waals surface area contributed by atoms with Crippen molar-refractivity contribution < 1.29 is 0 Å². The molecular formula is C10H8Cl2N4. The van der Waals surface area contributed by atoms with Gasteiger partial charge in [0, 0.05) is 6.54 Å². The minimum absolute atomic E-state index is 0.0694. The van der Waals surface area contributed by atoms with Crippen molar-refractivity contribution in [1.29, 1.82) is 0 Å². The van der Waals surface area contributed by atoms with Crippen molar-refractivity contribution in [2.45, 2.75) is 6.54 Å². The molecule has 1 N–H and O–H groups in total. The van der Waals surface area contributed by atoms with E-state index in [-0.39, 0.29) is 10.4 Å². The first-order chi connectivity index (χ1) is 7.75. The van der Waals surface area contributed by atoms with Crippen LogP contribution < -0.4 is 5.32 Å². The highest BCUT2D eigenvalue weighted by Gasteiger charge is 2.04. The van der Waals surface area contributed by atoms with E-state index in [2.05, 4.69) is 20.5 Å². The highest BCUT2D eigenvalue weighted by Crippen LogP contribution is 2.17. The maximum atomic E-state index is 5.81. The fourth-order valence-electron chi connectivity index (χ4n) is 1.19. The lowest BCUT2D eigenvalue weighted by atomic mass is 10.2. The first kappa shape index (κ1) is 11.1. The summed E-state index contributed by atoms with van der Waals surface area (Å²) in [6, 6.07) is 9.88. The SMILES string of the molecule is Clc1nnc(Cl)c(NCc2ccccc2)n1. The zero-order valence-corrected chi connectivity index (χ0v) is 9.70. The second-order valence-corrected chi connectivity index (χ2v) is 3.76. The van der Waals surface area contributed by atoms with Gasteiger partial charge in [0.2, 0.25) is 5.28 Å². The van der Waals surface area contributed by atoms with Crippen molar-refractivity contribution in [3.8, 4) is 0 Å². The average molecular weight is 255 g/mol. The highest BCUT2D eigenvalue weighted by atomic mass is 35.5. The Morgan fingerprint density at radius 1 is 1.06 bits per heavy atom. The Balaban J connectivity index is 2.08. The normalized spacial score (nSPS) is 10.1. The fourth-order valence-corrected chi connectivity index (χ4v) is 1.46. The van der Waals surface area contributed by atoms with Crippen LogP contribution in [0, 0.1) is 0 Å². The molecule has 82 valence electrons. The predicted octanol–water partition coefficient (Wildman–Crippen LogP) is 2.79. The molecule has 0 saturated heterocycles. The maximum Gasteiger partial charge on any atom is 0.245 e. The molecular weight excluding hydrogens is 247 g/mol. The number of nitrogens with one attached hydrogen (secondary N) is 1. The third-order valence-corrected chi connectivity index (χ3v) is 2.34. The summed E-state index contributed by atoms with van der Waals surface area (Å²) in [6.45, 7) is 0.607. The number of aromatic nitrogens is 3. The number of halogens is 2. The van der Waals surface area contributed by atoms with Crippen molar-refractivity contribution in [3.63, 3.8) is 0 Å². The molecule has 0 saturated carbocycles. The predicted molar refractivity (Wildman–Crippen MR) is 63.6 cm³/mol. The van der Waals surface area contributed by atoms with Gasteiger partial charge in [0.25, 0.3) is 0 Å². The fraction of sp³-hybridized carbons (Fsp3) is 0.100. The molecule has 0 fully saturated rings. The Morgan fingerprint density at radius 3 is 2.56 bits per heavy atom. The van der Waals surface area contributed by atoms with Crippen molar-refractivity contribution in [2.24, 2.45) is 0 Å². The quantitative estimate of drug-likeness (QED) is 0.916. The molecule has 0 spiro atoms. The van der Waals surface area contributed by atoms with Gasteiger partial charge in [-0.1, -0.05) is 41.9 Å². The van der Waals surface area contributed by atoms with Gasteiger partial charge in [-0.25, -0.2) is 0 Å². The molecule has 0 radical (unpaired) electrons. The van der Waals surface area contributed by atoms with Crippen molar-refractivity contribution in [3.05, 3.63) is 46.3 Å². The summed E-state index contributed by atoms with van der Waals surface area (Å²) < 4.78 is 0. The van der Waals surface area contributed by atoms with Crippen molar-refractivity contribution in [2.75, 3.05) is 5.32 Å². The van der Waals surface area contributed by atoms with E-state index in [4.69, 9.17) is 23.2 Å². The number of rotatable bonds is 3. The maximum absolute atomic E-state index is 5.81. The van der Waals surface area contributed by atoms with Gasteiger partial charge in [-0.05, 0) is 17.2 Å². The summed E-state index contributed by atoms with van der Waals surface area (Å²) in [6.07, 6.45) is 0. The molecule has 0 aliphatic heterocycles. The summed E-state index contributed by atoms with van der Waals surface area (Å²) in [7, 11) is 0. The molecule has 16 heavy (non-hydrogen) atoms. The second kappa shape index (κ2) is 5.09. The number of anilines is 1. The van der Waals surface area contributed by atoms with Crippen LogP contribution in [0.1, 0.15) is 5.56 Å². The van der Waals surface area contributed by atoms with Gasteiger partial charge < -0.3 is 5.32 Å². The van der Waals surface area contributed by atoms with E-state index >= 15 is 0 Å². The van der Waals surface area contributed by atoms with E-state index in [9.17, 15) is 0 Å². The minimum atomic E-state index is 0.0694.